The summed E-state index contributed by atoms with van der Waals surface area (Å²) in [5.41, 5.74) is 0.849. The zero-order valence-corrected chi connectivity index (χ0v) is 18.3. The first-order valence-electron chi connectivity index (χ1n) is 9.87. The van der Waals surface area contributed by atoms with Crippen molar-refractivity contribution in [2.45, 2.75) is 30.3 Å². The first-order chi connectivity index (χ1) is 14.6. The normalized spacial score (nSPS) is 16.1. The van der Waals surface area contributed by atoms with Crippen LogP contribution in [-0.2, 0) is 9.53 Å². The molecule has 0 spiro atoms. The monoisotopic (exact) mass is 446 g/mol. The van der Waals surface area contributed by atoms with Crippen molar-refractivity contribution in [3.05, 3.63) is 48.3 Å². The number of hydrogen-bond acceptors (Lipinski definition) is 6. The van der Waals surface area contributed by atoms with Gasteiger partial charge in [0.2, 0.25) is 5.91 Å². The number of fused-ring (bicyclic) bond motifs is 1. The summed E-state index contributed by atoms with van der Waals surface area (Å²) in [7, 11) is 1.63. The molecule has 2 aromatic carbocycles. The van der Waals surface area contributed by atoms with Crippen LogP contribution < -0.4 is 9.64 Å². The fraction of sp³-hybridized carbons (Fsp3) is 0.364. The molecule has 0 radical (unpaired) electrons. The molecule has 3 aromatic rings. The Morgan fingerprint density at radius 2 is 2.17 bits per heavy atom. The van der Waals surface area contributed by atoms with Gasteiger partial charge in [-0.15, -0.1) is 11.8 Å². The Morgan fingerprint density at radius 1 is 1.33 bits per heavy atom. The third-order valence-electron chi connectivity index (χ3n) is 4.92. The second kappa shape index (κ2) is 9.76. The van der Waals surface area contributed by atoms with Crippen molar-refractivity contribution < 1.29 is 18.7 Å². The van der Waals surface area contributed by atoms with E-state index in [1.807, 2.05) is 18.2 Å². The van der Waals surface area contributed by atoms with Gasteiger partial charge in [-0.2, -0.15) is 0 Å². The molecule has 0 aliphatic carbocycles. The summed E-state index contributed by atoms with van der Waals surface area (Å²) in [4.78, 5) is 20.5. The summed E-state index contributed by atoms with van der Waals surface area (Å²) >= 11 is 3.03. The number of hydrogen-bond donors (Lipinski definition) is 0. The molecule has 1 unspecified atom stereocenters. The van der Waals surface area contributed by atoms with Crippen LogP contribution in [0.15, 0.2) is 47.4 Å². The average Bonchev–Trinajstić information content (AvgIpc) is 3.42. The maximum Gasteiger partial charge on any atom is 0.229 e. The highest BCUT2D eigenvalue weighted by Gasteiger charge is 2.26. The molecule has 1 aliphatic rings. The van der Waals surface area contributed by atoms with Crippen molar-refractivity contribution in [2.75, 3.05) is 30.9 Å². The number of carbonyl (C=O) groups is 1. The van der Waals surface area contributed by atoms with Gasteiger partial charge in [-0.05, 0) is 55.3 Å². The Morgan fingerprint density at radius 3 is 2.90 bits per heavy atom. The van der Waals surface area contributed by atoms with Crippen LogP contribution >= 0.6 is 23.1 Å². The highest BCUT2D eigenvalue weighted by atomic mass is 32.2. The molecule has 1 saturated heterocycles. The van der Waals surface area contributed by atoms with Gasteiger partial charge in [0.1, 0.15) is 11.6 Å². The molecule has 0 N–H and O–H groups in total. The standard InChI is InChI=1S/C22H23FN2O3S2/c1-27-16-6-9-19-20(13-16)30-22(24-19)25(14-17-3-2-11-28-17)21(26)10-12-29-18-7-4-15(23)5-8-18/h4-9,13,17H,2-3,10-12,14H2,1H3. The Hall–Kier alpha value is -2.16. The van der Waals surface area contributed by atoms with E-state index in [1.165, 1.54) is 23.5 Å². The average molecular weight is 447 g/mol. The summed E-state index contributed by atoms with van der Waals surface area (Å²) in [6, 6.07) is 12.1. The van der Waals surface area contributed by atoms with E-state index in [4.69, 9.17) is 14.5 Å². The maximum absolute atomic E-state index is 13.1. The molecule has 5 nitrogen and oxygen atoms in total. The lowest BCUT2D eigenvalue weighted by Crippen LogP contribution is -2.37. The number of rotatable bonds is 8. The highest BCUT2D eigenvalue weighted by molar-refractivity contribution is 7.99. The number of ether oxygens (including phenoxy) is 2. The third-order valence-corrected chi connectivity index (χ3v) is 6.98. The number of carbonyl (C=O) groups excluding carboxylic acids is 1. The van der Waals surface area contributed by atoms with Crippen molar-refractivity contribution in [1.82, 2.24) is 4.98 Å². The van der Waals surface area contributed by atoms with E-state index < -0.39 is 0 Å². The van der Waals surface area contributed by atoms with E-state index in [2.05, 4.69) is 0 Å². The number of benzene rings is 2. The summed E-state index contributed by atoms with van der Waals surface area (Å²) in [5, 5.41) is 0.686. The minimum Gasteiger partial charge on any atom is -0.497 e. The number of aromatic nitrogens is 1. The molecule has 0 saturated carbocycles. The Balaban J connectivity index is 1.48. The summed E-state index contributed by atoms with van der Waals surface area (Å²) in [6.45, 7) is 1.25. The molecule has 0 bridgehead atoms. The molecular formula is C22H23FN2O3S2. The van der Waals surface area contributed by atoms with Crippen LogP contribution in [0.25, 0.3) is 10.2 Å². The lowest BCUT2D eigenvalue weighted by Gasteiger charge is -2.23. The Labute approximate surface area is 183 Å². The van der Waals surface area contributed by atoms with Crippen LogP contribution in [0.4, 0.5) is 9.52 Å². The molecule has 8 heteroatoms. The minimum absolute atomic E-state index is 0.0196. The molecule has 30 heavy (non-hydrogen) atoms. The van der Waals surface area contributed by atoms with Crippen LogP contribution in [0, 0.1) is 5.82 Å². The molecule has 4 rings (SSSR count). The molecule has 1 aliphatic heterocycles. The largest absolute Gasteiger partial charge is 0.497 e. The molecule has 1 aromatic heterocycles. The first-order valence-corrected chi connectivity index (χ1v) is 11.7. The third kappa shape index (κ3) is 5.11. The van der Waals surface area contributed by atoms with Crippen LogP contribution in [0.2, 0.25) is 0 Å². The quantitative estimate of drug-likeness (QED) is 0.449. The van der Waals surface area contributed by atoms with Gasteiger partial charge < -0.3 is 9.47 Å². The van der Waals surface area contributed by atoms with Crippen LogP contribution in [0.5, 0.6) is 5.75 Å². The van der Waals surface area contributed by atoms with Gasteiger partial charge in [0, 0.05) is 23.7 Å². The topological polar surface area (TPSA) is 51.7 Å². The summed E-state index contributed by atoms with van der Waals surface area (Å²) in [5.74, 6) is 1.15. The van der Waals surface area contributed by atoms with E-state index in [9.17, 15) is 9.18 Å². The van der Waals surface area contributed by atoms with E-state index in [1.54, 1.807) is 35.9 Å². The van der Waals surface area contributed by atoms with E-state index in [0.29, 0.717) is 23.8 Å². The van der Waals surface area contributed by atoms with Gasteiger partial charge in [-0.1, -0.05) is 11.3 Å². The second-order valence-electron chi connectivity index (χ2n) is 7.02. The van der Waals surface area contributed by atoms with Gasteiger partial charge in [-0.3, -0.25) is 9.69 Å². The highest BCUT2D eigenvalue weighted by Crippen LogP contribution is 2.33. The van der Waals surface area contributed by atoms with Crippen LogP contribution in [-0.4, -0.2) is 43.0 Å². The van der Waals surface area contributed by atoms with Crippen LogP contribution in [0.3, 0.4) is 0 Å². The number of thioether (sulfide) groups is 1. The predicted molar refractivity (Wildman–Crippen MR) is 119 cm³/mol. The van der Waals surface area contributed by atoms with E-state index >= 15 is 0 Å². The van der Waals surface area contributed by atoms with Gasteiger partial charge >= 0.3 is 0 Å². The summed E-state index contributed by atoms with van der Waals surface area (Å²) < 4.78 is 25.1. The molecule has 1 fully saturated rings. The number of halogens is 1. The van der Waals surface area contributed by atoms with Gasteiger partial charge in [0.15, 0.2) is 5.13 Å². The number of thiazole rings is 1. The first kappa shape index (κ1) is 21.1. The fourth-order valence-electron chi connectivity index (χ4n) is 3.34. The smallest absolute Gasteiger partial charge is 0.229 e. The Bertz CT molecular complexity index is 1000. The van der Waals surface area contributed by atoms with Crippen molar-refractivity contribution in [3.8, 4) is 5.75 Å². The molecule has 158 valence electrons. The minimum atomic E-state index is -0.259. The molecule has 2 heterocycles. The number of nitrogens with zero attached hydrogens (tertiary/aromatic N) is 2. The number of methoxy groups -OCH3 is 1. The van der Waals surface area contributed by atoms with Crippen molar-refractivity contribution in [1.29, 1.82) is 0 Å². The second-order valence-corrected chi connectivity index (χ2v) is 9.20. The fourth-order valence-corrected chi connectivity index (χ4v) is 5.20. The lowest BCUT2D eigenvalue weighted by molar-refractivity contribution is -0.118. The zero-order chi connectivity index (χ0) is 20.9. The molecule has 1 amide bonds. The van der Waals surface area contributed by atoms with E-state index in [-0.39, 0.29) is 17.8 Å². The maximum atomic E-state index is 13.1. The van der Waals surface area contributed by atoms with Gasteiger partial charge in [0.25, 0.3) is 0 Å². The van der Waals surface area contributed by atoms with Crippen LogP contribution in [0.1, 0.15) is 19.3 Å². The predicted octanol–water partition coefficient (Wildman–Crippen LogP) is 5.14. The lowest BCUT2D eigenvalue weighted by atomic mass is 10.2. The van der Waals surface area contributed by atoms with Crippen molar-refractivity contribution in [2.24, 2.45) is 0 Å². The van der Waals surface area contributed by atoms with Crippen molar-refractivity contribution in [3.63, 3.8) is 0 Å². The Kier molecular flexibility index (Phi) is 6.86. The number of anilines is 1. The van der Waals surface area contributed by atoms with E-state index in [0.717, 1.165) is 40.3 Å². The zero-order valence-electron chi connectivity index (χ0n) is 16.7. The van der Waals surface area contributed by atoms with Gasteiger partial charge in [-0.25, -0.2) is 9.37 Å². The summed E-state index contributed by atoms with van der Waals surface area (Å²) in [6.07, 6.45) is 2.38. The SMILES string of the molecule is COc1ccc2nc(N(CC3CCCO3)C(=O)CCSc3ccc(F)cc3)sc2c1. The molecule has 1 atom stereocenters. The van der Waals surface area contributed by atoms with Crippen molar-refractivity contribution >= 4 is 44.4 Å². The molecular weight excluding hydrogens is 423 g/mol. The number of amides is 1. The van der Waals surface area contributed by atoms with Gasteiger partial charge in [0.05, 0.1) is 30.0 Å².